The number of carboxylic acids is 1. The molecule has 0 bridgehead atoms. The highest BCUT2D eigenvalue weighted by molar-refractivity contribution is 6.31. The number of carbonyl (C=O) groups is 1. The number of rotatable bonds is 4. The molecular weight excluding hydrogens is 373 g/mol. The second-order valence-corrected chi connectivity index (χ2v) is 7.19. The Balaban J connectivity index is 2.08. The van der Waals surface area contributed by atoms with Crippen molar-refractivity contribution in [3.8, 4) is 11.3 Å². The van der Waals surface area contributed by atoms with Crippen molar-refractivity contribution in [2.75, 3.05) is 0 Å². The van der Waals surface area contributed by atoms with Crippen molar-refractivity contribution in [2.45, 2.75) is 39.2 Å². The van der Waals surface area contributed by atoms with Crippen LogP contribution in [0.25, 0.3) is 16.8 Å². The van der Waals surface area contributed by atoms with Gasteiger partial charge in [-0.1, -0.05) is 11.6 Å². The van der Waals surface area contributed by atoms with Gasteiger partial charge < -0.3 is 9.67 Å². The van der Waals surface area contributed by atoms with E-state index < -0.39 is 11.8 Å². The Morgan fingerprint density at radius 2 is 2.11 bits per heavy atom. The topological polar surface area (TPSA) is 76.6 Å². The molecule has 1 aliphatic rings. The summed E-state index contributed by atoms with van der Waals surface area (Å²) < 4.78 is 17.3. The number of halogens is 2. The van der Waals surface area contributed by atoms with Crippen molar-refractivity contribution in [1.82, 2.24) is 14.2 Å². The summed E-state index contributed by atoms with van der Waals surface area (Å²) >= 11 is 5.98. The summed E-state index contributed by atoms with van der Waals surface area (Å²) in [5.41, 5.74) is 1.48. The molecule has 27 heavy (non-hydrogen) atoms. The van der Waals surface area contributed by atoms with Crippen molar-refractivity contribution in [1.29, 1.82) is 0 Å². The first-order chi connectivity index (χ1) is 12.8. The van der Waals surface area contributed by atoms with Gasteiger partial charge in [-0.05, 0) is 50.3 Å². The predicted octanol–water partition coefficient (Wildman–Crippen LogP) is 3.86. The fraction of sp³-hybridized carbons (Fsp3) is 0.316. The quantitative estimate of drug-likeness (QED) is 0.735. The lowest BCUT2D eigenvalue weighted by Crippen LogP contribution is -2.24. The minimum absolute atomic E-state index is 0.0342. The number of hydrogen-bond acceptors (Lipinski definition) is 3. The third-order valence-electron chi connectivity index (χ3n) is 4.96. The monoisotopic (exact) mass is 389 g/mol. The lowest BCUT2D eigenvalue weighted by molar-refractivity contribution is 0.0689. The van der Waals surface area contributed by atoms with E-state index >= 15 is 0 Å². The molecule has 0 atom stereocenters. The van der Waals surface area contributed by atoms with Gasteiger partial charge in [-0.25, -0.2) is 13.7 Å². The molecule has 1 aromatic carbocycles. The molecule has 1 aliphatic carbocycles. The molecule has 1 N–H and O–H groups in total. The fourth-order valence-electron chi connectivity index (χ4n) is 3.48. The zero-order valence-corrected chi connectivity index (χ0v) is 15.5. The van der Waals surface area contributed by atoms with Crippen molar-refractivity contribution in [2.24, 2.45) is 0 Å². The highest BCUT2D eigenvalue weighted by atomic mass is 35.5. The second-order valence-electron chi connectivity index (χ2n) is 6.78. The summed E-state index contributed by atoms with van der Waals surface area (Å²) in [6.07, 6.45) is 3.18. The van der Waals surface area contributed by atoms with Gasteiger partial charge in [0.2, 0.25) is 0 Å². The van der Waals surface area contributed by atoms with E-state index in [1.54, 1.807) is 19.9 Å². The smallest absolute Gasteiger partial charge is 0.356 e. The molecule has 0 aliphatic heterocycles. The summed E-state index contributed by atoms with van der Waals surface area (Å²) in [6.45, 7) is 3.84. The Kier molecular flexibility index (Phi) is 4.07. The largest absolute Gasteiger partial charge is 0.476 e. The maximum absolute atomic E-state index is 14.6. The SMILES string of the molecule is CCn1c(-c2cc(C)c(Cl)cc2F)cn2nc(C(=O)O)c(C3CC3)c2c1=O. The number of fused-ring (bicyclic) bond motifs is 1. The van der Waals surface area contributed by atoms with E-state index in [1.165, 1.54) is 21.3 Å². The van der Waals surface area contributed by atoms with Crippen LogP contribution in [0, 0.1) is 12.7 Å². The average molecular weight is 390 g/mol. The zero-order chi connectivity index (χ0) is 19.5. The Morgan fingerprint density at radius 3 is 2.70 bits per heavy atom. The summed E-state index contributed by atoms with van der Waals surface area (Å²) in [6, 6.07) is 2.79. The zero-order valence-electron chi connectivity index (χ0n) is 14.8. The van der Waals surface area contributed by atoms with Crippen LogP contribution in [0.15, 0.2) is 23.1 Å². The van der Waals surface area contributed by atoms with Crippen LogP contribution in [0.2, 0.25) is 5.02 Å². The van der Waals surface area contributed by atoms with Crippen LogP contribution >= 0.6 is 11.6 Å². The van der Waals surface area contributed by atoms with Gasteiger partial charge in [0.05, 0.1) is 11.9 Å². The number of hydrogen-bond donors (Lipinski definition) is 1. The number of aryl methyl sites for hydroxylation is 1. The molecule has 4 rings (SSSR count). The van der Waals surface area contributed by atoms with Gasteiger partial charge in [0, 0.05) is 22.7 Å². The van der Waals surface area contributed by atoms with Crippen molar-refractivity contribution in [3.63, 3.8) is 0 Å². The van der Waals surface area contributed by atoms with Gasteiger partial charge in [-0.2, -0.15) is 5.10 Å². The Hall–Kier alpha value is -2.67. The van der Waals surface area contributed by atoms with E-state index in [1.807, 2.05) is 0 Å². The lowest BCUT2D eigenvalue weighted by Gasteiger charge is -2.14. The molecule has 1 saturated carbocycles. The van der Waals surface area contributed by atoms with Crippen molar-refractivity contribution in [3.05, 3.63) is 56.3 Å². The molecule has 0 amide bonds. The molecule has 0 saturated heterocycles. The van der Waals surface area contributed by atoms with Crippen LogP contribution in [0.4, 0.5) is 4.39 Å². The van der Waals surface area contributed by atoms with E-state index in [-0.39, 0.29) is 28.3 Å². The molecule has 6 nitrogen and oxygen atoms in total. The molecule has 0 spiro atoms. The first-order valence-corrected chi connectivity index (χ1v) is 9.06. The minimum Gasteiger partial charge on any atom is -0.476 e. The predicted molar refractivity (Wildman–Crippen MR) is 99.2 cm³/mol. The second kappa shape index (κ2) is 6.20. The number of aromatic nitrogens is 3. The van der Waals surface area contributed by atoms with Crippen LogP contribution in [-0.2, 0) is 6.54 Å². The Labute approximate surface area is 158 Å². The highest BCUT2D eigenvalue weighted by Crippen LogP contribution is 2.43. The standard InChI is InChI=1S/C19H17ClFN3O3/c1-3-23-14(11-6-9(2)12(20)7-13(11)21)8-24-17(18(23)25)15(10-4-5-10)16(22-24)19(26)27/h6-8,10H,3-5H2,1-2H3,(H,26,27). The van der Waals surface area contributed by atoms with Crippen LogP contribution in [0.1, 0.15) is 47.3 Å². The normalized spacial score (nSPS) is 14.1. The molecule has 1 fully saturated rings. The van der Waals surface area contributed by atoms with E-state index in [0.717, 1.165) is 12.8 Å². The molecule has 2 heterocycles. The van der Waals surface area contributed by atoms with Gasteiger partial charge >= 0.3 is 5.97 Å². The van der Waals surface area contributed by atoms with E-state index in [4.69, 9.17) is 11.6 Å². The summed E-state index contributed by atoms with van der Waals surface area (Å²) in [7, 11) is 0. The van der Waals surface area contributed by atoms with Gasteiger partial charge in [0.25, 0.3) is 5.56 Å². The summed E-state index contributed by atoms with van der Waals surface area (Å²) in [5, 5.41) is 13.9. The number of carboxylic acid groups (broad SMARTS) is 1. The van der Waals surface area contributed by atoms with Crippen LogP contribution in [0.5, 0.6) is 0 Å². The molecular formula is C19H17ClFN3O3. The third kappa shape index (κ3) is 2.73. The lowest BCUT2D eigenvalue weighted by atomic mass is 10.1. The maximum atomic E-state index is 14.6. The number of aromatic carboxylic acids is 1. The van der Waals surface area contributed by atoms with E-state index in [0.29, 0.717) is 28.4 Å². The highest BCUT2D eigenvalue weighted by Gasteiger charge is 2.34. The number of benzene rings is 1. The molecule has 0 unspecified atom stereocenters. The molecule has 3 aromatic rings. The van der Waals surface area contributed by atoms with Gasteiger partial charge in [-0.15, -0.1) is 0 Å². The van der Waals surface area contributed by atoms with Gasteiger partial charge in [0.1, 0.15) is 11.3 Å². The third-order valence-corrected chi connectivity index (χ3v) is 5.37. The first-order valence-electron chi connectivity index (χ1n) is 8.68. The van der Waals surface area contributed by atoms with Gasteiger partial charge in [-0.3, -0.25) is 4.79 Å². The molecule has 140 valence electrons. The minimum atomic E-state index is -1.17. The summed E-state index contributed by atoms with van der Waals surface area (Å²) in [4.78, 5) is 24.8. The fourth-order valence-corrected chi connectivity index (χ4v) is 3.63. The molecule has 2 aromatic heterocycles. The summed E-state index contributed by atoms with van der Waals surface area (Å²) in [5.74, 6) is -1.69. The first kappa shape index (κ1) is 17.7. The Bertz CT molecular complexity index is 1160. The average Bonchev–Trinajstić information content (AvgIpc) is 3.37. The molecule has 8 heteroatoms. The van der Waals surface area contributed by atoms with Crippen LogP contribution < -0.4 is 5.56 Å². The maximum Gasteiger partial charge on any atom is 0.356 e. The molecule has 0 radical (unpaired) electrons. The number of nitrogens with zero attached hydrogens (tertiary/aromatic N) is 3. The van der Waals surface area contributed by atoms with Crippen LogP contribution in [0.3, 0.4) is 0 Å². The Morgan fingerprint density at radius 1 is 1.41 bits per heavy atom. The van der Waals surface area contributed by atoms with E-state index in [2.05, 4.69) is 5.10 Å². The van der Waals surface area contributed by atoms with Crippen molar-refractivity contribution >= 4 is 23.1 Å². The van der Waals surface area contributed by atoms with E-state index in [9.17, 15) is 19.1 Å². The van der Waals surface area contributed by atoms with Crippen molar-refractivity contribution < 1.29 is 14.3 Å². The van der Waals surface area contributed by atoms with Gasteiger partial charge in [0.15, 0.2) is 5.69 Å². The van der Waals surface area contributed by atoms with Crippen LogP contribution in [-0.4, -0.2) is 25.3 Å².